The number of aliphatic hydroxyl groups excluding tert-OH is 1. The van der Waals surface area contributed by atoms with Crippen molar-refractivity contribution in [2.75, 3.05) is 31.1 Å². The van der Waals surface area contributed by atoms with Gasteiger partial charge < -0.3 is 19.6 Å². The van der Waals surface area contributed by atoms with Crippen molar-refractivity contribution in [3.05, 3.63) is 62.1 Å². The fourth-order valence-corrected chi connectivity index (χ4v) is 5.33. The number of hydrogen-bond acceptors (Lipinski definition) is 7. The van der Waals surface area contributed by atoms with Crippen molar-refractivity contribution in [3.8, 4) is 0 Å². The molecule has 0 aliphatic carbocycles. The van der Waals surface area contributed by atoms with Gasteiger partial charge >= 0.3 is 6.09 Å². The molecule has 1 saturated heterocycles. The van der Waals surface area contributed by atoms with Crippen molar-refractivity contribution in [2.45, 2.75) is 33.1 Å². The summed E-state index contributed by atoms with van der Waals surface area (Å²) in [5.74, 6) is 0.745. The van der Waals surface area contributed by atoms with E-state index in [-0.39, 0.29) is 12.7 Å². The highest BCUT2D eigenvalue weighted by molar-refractivity contribution is 9.10. The van der Waals surface area contributed by atoms with Crippen LogP contribution < -0.4 is 4.90 Å². The third kappa shape index (κ3) is 4.97. The average Bonchev–Trinajstić information content (AvgIpc) is 3.40. The smallest absolute Gasteiger partial charge is 0.410 e. The van der Waals surface area contributed by atoms with E-state index in [4.69, 9.17) is 9.84 Å². The van der Waals surface area contributed by atoms with Gasteiger partial charge in [-0.15, -0.1) is 11.3 Å². The Morgan fingerprint density at radius 2 is 1.97 bits per heavy atom. The van der Waals surface area contributed by atoms with Crippen LogP contribution in [0.2, 0.25) is 0 Å². The zero-order valence-electron chi connectivity index (χ0n) is 18.1. The lowest BCUT2D eigenvalue weighted by Crippen LogP contribution is -2.49. The lowest BCUT2D eigenvalue weighted by atomic mass is 10.1. The molecule has 1 atom stereocenters. The predicted octanol–water partition coefficient (Wildman–Crippen LogP) is 3.97. The molecule has 3 aromatic rings. The Morgan fingerprint density at radius 1 is 1.25 bits per heavy atom. The molecule has 1 aromatic carbocycles. The zero-order chi connectivity index (χ0) is 22.7. The highest BCUT2D eigenvalue weighted by atomic mass is 79.9. The van der Waals surface area contributed by atoms with Crippen molar-refractivity contribution in [1.82, 2.24) is 19.7 Å². The lowest BCUT2D eigenvalue weighted by Gasteiger charge is -2.35. The van der Waals surface area contributed by atoms with Crippen molar-refractivity contribution in [2.24, 2.45) is 0 Å². The summed E-state index contributed by atoms with van der Waals surface area (Å²) >= 11 is 4.92. The number of aliphatic hydroxyl groups is 1. The maximum absolute atomic E-state index is 12.5. The van der Waals surface area contributed by atoms with Crippen LogP contribution in [0.5, 0.6) is 0 Å². The number of benzene rings is 1. The van der Waals surface area contributed by atoms with Crippen LogP contribution in [-0.4, -0.2) is 57.0 Å². The van der Waals surface area contributed by atoms with Gasteiger partial charge in [-0.1, -0.05) is 30.3 Å². The summed E-state index contributed by atoms with van der Waals surface area (Å²) in [4.78, 5) is 21.5. The minimum absolute atomic E-state index is 0.264. The maximum atomic E-state index is 12.5. The third-order valence-corrected chi connectivity index (χ3v) is 7.29. The lowest BCUT2D eigenvalue weighted by molar-refractivity contribution is 0.0940. The molecule has 1 N–H and O–H groups in total. The predicted molar refractivity (Wildman–Crippen MR) is 127 cm³/mol. The van der Waals surface area contributed by atoms with E-state index in [0.717, 1.165) is 26.8 Å². The molecule has 0 bridgehead atoms. The molecule has 8 nitrogen and oxygen atoms in total. The van der Waals surface area contributed by atoms with E-state index in [1.54, 1.807) is 4.90 Å². The molecule has 1 aliphatic rings. The Balaban J connectivity index is 1.42. The zero-order valence-corrected chi connectivity index (χ0v) is 20.5. The van der Waals surface area contributed by atoms with Crippen molar-refractivity contribution >= 4 is 39.2 Å². The molecular formula is C22H26BrN5O3S. The number of piperazine rings is 1. The van der Waals surface area contributed by atoms with Crippen LogP contribution in [0.1, 0.15) is 34.0 Å². The van der Waals surface area contributed by atoms with Crippen LogP contribution in [-0.2, 0) is 17.9 Å². The van der Waals surface area contributed by atoms with Crippen LogP contribution in [0.15, 0.2) is 41.1 Å². The topological polar surface area (TPSA) is 83.7 Å². The molecule has 1 unspecified atom stereocenters. The van der Waals surface area contributed by atoms with E-state index in [2.05, 4.69) is 25.8 Å². The Hall–Kier alpha value is -2.43. The molecule has 4 rings (SSSR count). The summed E-state index contributed by atoms with van der Waals surface area (Å²) in [7, 11) is 0. The SMILES string of the molecule is CCn1cc(C(O)c2sc(C)nc2Br)c(N2CCN(C(=O)OCc3ccccc3)CC2)n1. The molecule has 1 aliphatic heterocycles. The second kappa shape index (κ2) is 10.0. The second-order valence-corrected chi connectivity index (χ2v) is 9.55. The molecule has 2 aromatic heterocycles. The number of rotatable bonds is 6. The summed E-state index contributed by atoms with van der Waals surface area (Å²) < 4.78 is 7.95. The van der Waals surface area contributed by atoms with Gasteiger partial charge in [0, 0.05) is 44.5 Å². The van der Waals surface area contributed by atoms with E-state index < -0.39 is 6.10 Å². The first kappa shape index (κ1) is 22.8. The standard InChI is InChI=1S/C22H26BrN5O3S/c1-3-28-13-17(18(29)19-20(23)24-15(2)32-19)21(25-28)26-9-11-27(12-10-26)22(30)31-14-16-7-5-4-6-8-16/h4-8,13,18,29H,3,9-12,14H2,1-2H3. The van der Waals surface area contributed by atoms with Gasteiger partial charge in [-0.3, -0.25) is 4.68 Å². The molecule has 10 heteroatoms. The summed E-state index contributed by atoms with van der Waals surface area (Å²) in [5, 5.41) is 16.7. The average molecular weight is 520 g/mol. The molecule has 1 amide bonds. The van der Waals surface area contributed by atoms with Crippen molar-refractivity contribution in [1.29, 1.82) is 0 Å². The second-order valence-electron chi connectivity index (χ2n) is 7.57. The quantitative estimate of drug-likeness (QED) is 0.530. The monoisotopic (exact) mass is 519 g/mol. The van der Waals surface area contributed by atoms with Crippen LogP contribution in [0.3, 0.4) is 0 Å². The summed E-state index contributed by atoms with van der Waals surface area (Å²) in [5.41, 5.74) is 1.71. The molecule has 3 heterocycles. The minimum atomic E-state index is -0.820. The number of aryl methyl sites for hydroxylation is 2. The summed E-state index contributed by atoms with van der Waals surface area (Å²) in [6.45, 7) is 7.19. The van der Waals surface area contributed by atoms with Gasteiger partial charge in [-0.25, -0.2) is 9.78 Å². The van der Waals surface area contributed by atoms with Gasteiger partial charge in [0.05, 0.1) is 9.88 Å². The first-order valence-electron chi connectivity index (χ1n) is 10.5. The number of ether oxygens (including phenoxy) is 1. The van der Waals surface area contributed by atoms with Crippen LogP contribution >= 0.6 is 27.3 Å². The van der Waals surface area contributed by atoms with Crippen molar-refractivity contribution < 1.29 is 14.6 Å². The highest BCUT2D eigenvalue weighted by Crippen LogP contribution is 2.37. The molecule has 170 valence electrons. The maximum Gasteiger partial charge on any atom is 0.410 e. The number of aromatic nitrogens is 3. The Kier molecular flexibility index (Phi) is 7.12. The Morgan fingerprint density at radius 3 is 2.59 bits per heavy atom. The number of amides is 1. The molecule has 1 fully saturated rings. The number of nitrogens with zero attached hydrogens (tertiary/aromatic N) is 5. The van der Waals surface area contributed by atoms with Crippen LogP contribution in [0.25, 0.3) is 0 Å². The van der Waals surface area contributed by atoms with E-state index in [9.17, 15) is 9.90 Å². The highest BCUT2D eigenvalue weighted by Gasteiger charge is 2.29. The molecule has 0 saturated carbocycles. The summed E-state index contributed by atoms with van der Waals surface area (Å²) in [6, 6.07) is 9.66. The molecule has 0 radical (unpaired) electrons. The number of thiazole rings is 1. The third-order valence-electron chi connectivity index (χ3n) is 5.40. The largest absolute Gasteiger partial charge is 0.445 e. The number of anilines is 1. The molecule has 0 spiro atoms. The fourth-order valence-electron chi connectivity index (χ4n) is 3.67. The van der Waals surface area contributed by atoms with Gasteiger partial charge in [-0.2, -0.15) is 5.10 Å². The van der Waals surface area contributed by atoms with E-state index in [1.807, 2.05) is 55.1 Å². The Bertz CT molecular complexity index is 1060. The first-order chi connectivity index (χ1) is 15.5. The van der Waals surface area contributed by atoms with E-state index in [0.29, 0.717) is 37.3 Å². The number of carbonyl (C=O) groups excluding carboxylic acids is 1. The number of carbonyl (C=O) groups is 1. The molecule has 32 heavy (non-hydrogen) atoms. The van der Waals surface area contributed by atoms with Crippen LogP contribution in [0.4, 0.5) is 10.6 Å². The normalized spacial score (nSPS) is 15.1. The fraction of sp³-hybridized carbons (Fsp3) is 0.409. The van der Waals surface area contributed by atoms with Gasteiger partial charge in [0.2, 0.25) is 0 Å². The van der Waals surface area contributed by atoms with Gasteiger partial charge in [-0.05, 0) is 35.3 Å². The van der Waals surface area contributed by atoms with Gasteiger partial charge in [0.25, 0.3) is 0 Å². The number of halogens is 1. The molecular weight excluding hydrogens is 494 g/mol. The van der Waals surface area contributed by atoms with E-state index in [1.165, 1.54) is 11.3 Å². The van der Waals surface area contributed by atoms with Gasteiger partial charge in [0.15, 0.2) is 5.82 Å². The van der Waals surface area contributed by atoms with Crippen LogP contribution in [0, 0.1) is 6.92 Å². The summed E-state index contributed by atoms with van der Waals surface area (Å²) in [6.07, 6.45) is 0.763. The first-order valence-corrected chi connectivity index (χ1v) is 12.2. The van der Waals surface area contributed by atoms with Gasteiger partial charge in [0.1, 0.15) is 17.3 Å². The van der Waals surface area contributed by atoms with E-state index >= 15 is 0 Å². The number of hydrogen-bond donors (Lipinski definition) is 1. The minimum Gasteiger partial charge on any atom is -0.445 e. The van der Waals surface area contributed by atoms with Crippen molar-refractivity contribution in [3.63, 3.8) is 0 Å². The Labute approximate surface area is 199 Å².